The van der Waals surface area contributed by atoms with Crippen LogP contribution >= 0.6 is 11.6 Å². The molecule has 0 unspecified atom stereocenters. The molecule has 2 rings (SSSR count). The van der Waals surface area contributed by atoms with Gasteiger partial charge in [-0.3, -0.25) is 13.9 Å². The highest BCUT2D eigenvalue weighted by Gasteiger charge is 2.32. The topological polar surface area (TPSA) is 86.8 Å². The number of nitrogens with one attached hydrogen (secondary N) is 1. The number of hydrogen-bond acceptors (Lipinski definition) is 4. The zero-order chi connectivity index (χ0) is 27.8. The lowest BCUT2D eigenvalue weighted by molar-refractivity contribution is -0.141. The van der Waals surface area contributed by atoms with E-state index in [1.165, 1.54) is 11.0 Å². The highest BCUT2D eigenvalue weighted by Crippen LogP contribution is 2.32. The molecular formula is C25H31ClF3N3O4S. The normalized spacial score (nSPS) is 12.6. The number of benzene rings is 2. The molecule has 0 spiro atoms. The number of anilines is 1. The Morgan fingerprint density at radius 3 is 2.27 bits per heavy atom. The van der Waals surface area contributed by atoms with Crippen molar-refractivity contribution in [2.45, 2.75) is 51.9 Å². The molecule has 1 atom stereocenters. The number of carbonyl (C=O) groups excluding carboxylic acids is 2. The summed E-state index contributed by atoms with van der Waals surface area (Å²) < 4.78 is 65.0. The molecule has 0 bridgehead atoms. The molecular weight excluding hydrogens is 531 g/mol. The number of carbonyl (C=O) groups is 2. The zero-order valence-corrected chi connectivity index (χ0v) is 22.5. The second kappa shape index (κ2) is 13.1. The van der Waals surface area contributed by atoms with Crippen molar-refractivity contribution < 1.29 is 31.2 Å². The molecule has 0 aliphatic rings. The minimum absolute atomic E-state index is 0.0328. The van der Waals surface area contributed by atoms with E-state index in [2.05, 4.69) is 5.32 Å². The summed E-state index contributed by atoms with van der Waals surface area (Å²) in [7, 11) is -3.93. The van der Waals surface area contributed by atoms with E-state index in [9.17, 15) is 31.2 Å². The van der Waals surface area contributed by atoms with E-state index in [4.69, 9.17) is 11.6 Å². The first-order chi connectivity index (χ1) is 17.3. The minimum Gasteiger partial charge on any atom is -0.355 e. The van der Waals surface area contributed by atoms with Gasteiger partial charge in [-0.05, 0) is 55.7 Å². The van der Waals surface area contributed by atoms with Crippen molar-refractivity contribution >= 4 is 39.1 Å². The maximum atomic E-state index is 13.3. The van der Waals surface area contributed by atoms with Gasteiger partial charge in [0.15, 0.2) is 0 Å². The Labute approximate surface area is 220 Å². The van der Waals surface area contributed by atoms with E-state index in [0.717, 1.165) is 34.3 Å². The smallest absolute Gasteiger partial charge is 0.355 e. The molecule has 0 radical (unpaired) electrons. The SMILES string of the molecule is CCNC(=O)[C@@H](CC)N(Cc1ccc(Cl)cc1)C(=O)CCCN(c1cccc(C(F)(F)F)c1)S(C)(=O)=O. The summed E-state index contributed by atoms with van der Waals surface area (Å²) >= 11 is 5.95. The van der Waals surface area contributed by atoms with Crippen LogP contribution in [0.2, 0.25) is 5.02 Å². The minimum atomic E-state index is -4.63. The third-order valence-electron chi connectivity index (χ3n) is 5.62. The number of rotatable bonds is 12. The fourth-order valence-corrected chi connectivity index (χ4v) is 4.92. The largest absolute Gasteiger partial charge is 0.416 e. The van der Waals surface area contributed by atoms with Gasteiger partial charge < -0.3 is 10.2 Å². The number of amides is 2. The van der Waals surface area contributed by atoms with Crippen molar-refractivity contribution in [3.8, 4) is 0 Å². The van der Waals surface area contributed by atoms with Crippen LogP contribution in [0.1, 0.15) is 44.2 Å². The van der Waals surface area contributed by atoms with E-state index in [0.29, 0.717) is 18.0 Å². The molecule has 0 fully saturated rings. The van der Waals surface area contributed by atoms with Crippen molar-refractivity contribution in [3.05, 3.63) is 64.7 Å². The standard InChI is InChI=1S/C25H31ClF3N3O4S/c1-4-22(24(34)30-5-2)31(17-18-11-13-20(26)14-12-18)23(33)10-7-15-32(37(3,35)36)21-9-6-8-19(16-21)25(27,28)29/h6,8-9,11-14,16,22H,4-5,7,10,15,17H2,1-3H3,(H,30,34)/t22-/m1/s1. The molecule has 0 saturated heterocycles. The molecule has 2 aromatic rings. The van der Waals surface area contributed by atoms with E-state index in [1.54, 1.807) is 38.1 Å². The predicted molar refractivity (Wildman–Crippen MR) is 138 cm³/mol. The molecule has 0 heterocycles. The summed E-state index contributed by atoms with van der Waals surface area (Å²) in [5, 5.41) is 3.25. The van der Waals surface area contributed by atoms with Crippen LogP contribution in [0.5, 0.6) is 0 Å². The molecule has 2 aromatic carbocycles. The van der Waals surface area contributed by atoms with Gasteiger partial charge in [0.05, 0.1) is 17.5 Å². The summed E-state index contributed by atoms with van der Waals surface area (Å²) in [5.74, 6) is -0.695. The molecule has 7 nitrogen and oxygen atoms in total. The van der Waals surface area contributed by atoms with Gasteiger partial charge in [0, 0.05) is 31.1 Å². The summed E-state index contributed by atoms with van der Waals surface area (Å²) in [5.41, 5.74) is -0.365. The predicted octanol–water partition coefficient (Wildman–Crippen LogP) is 4.85. The number of hydrogen-bond donors (Lipinski definition) is 1. The summed E-state index contributed by atoms with van der Waals surface area (Å²) in [6.45, 7) is 3.86. The first kappa shape index (κ1) is 30.4. The second-order valence-electron chi connectivity index (χ2n) is 8.45. The van der Waals surface area contributed by atoms with Crippen LogP contribution in [-0.4, -0.2) is 50.5 Å². The van der Waals surface area contributed by atoms with Gasteiger partial charge >= 0.3 is 6.18 Å². The van der Waals surface area contributed by atoms with E-state index in [1.807, 2.05) is 0 Å². The zero-order valence-electron chi connectivity index (χ0n) is 20.9. The average molecular weight is 562 g/mol. The molecule has 0 saturated carbocycles. The molecule has 2 amide bonds. The lowest BCUT2D eigenvalue weighted by atomic mass is 10.1. The lowest BCUT2D eigenvalue weighted by Gasteiger charge is -2.31. The third kappa shape index (κ3) is 8.92. The first-order valence-electron chi connectivity index (χ1n) is 11.7. The van der Waals surface area contributed by atoms with Crippen LogP contribution in [0.4, 0.5) is 18.9 Å². The maximum Gasteiger partial charge on any atom is 0.416 e. The Morgan fingerprint density at radius 1 is 1.08 bits per heavy atom. The Kier molecular flexibility index (Phi) is 10.8. The maximum absolute atomic E-state index is 13.3. The highest BCUT2D eigenvalue weighted by molar-refractivity contribution is 7.92. The summed E-state index contributed by atoms with van der Waals surface area (Å²) in [4.78, 5) is 27.4. The van der Waals surface area contributed by atoms with Gasteiger partial charge in [-0.25, -0.2) is 8.42 Å². The fraction of sp³-hybridized carbons (Fsp3) is 0.440. The van der Waals surface area contributed by atoms with Crippen LogP contribution in [0, 0.1) is 0 Å². The van der Waals surface area contributed by atoms with Crippen molar-refractivity contribution in [2.75, 3.05) is 23.7 Å². The van der Waals surface area contributed by atoms with Crippen LogP contribution < -0.4 is 9.62 Å². The molecule has 0 aliphatic carbocycles. The van der Waals surface area contributed by atoms with Gasteiger partial charge in [-0.2, -0.15) is 13.2 Å². The van der Waals surface area contributed by atoms with Crippen LogP contribution in [-0.2, 0) is 32.3 Å². The Bertz CT molecular complexity index is 1170. The van der Waals surface area contributed by atoms with Gasteiger partial charge in [0.2, 0.25) is 21.8 Å². The second-order valence-corrected chi connectivity index (χ2v) is 10.8. The molecule has 204 valence electrons. The average Bonchev–Trinajstić information content (AvgIpc) is 2.81. The van der Waals surface area contributed by atoms with Crippen LogP contribution in [0.15, 0.2) is 48.5 Å². The molecule has 0 aliphatic heterocycles. The summed E-state index contributed by atoms with van der Waals surface area (Å²) in [6, 6.07) is 10.1. The number of nitrogens with zero attached hydrogens (tertiary/aromatic N) is 2. The summed E-state index contributed by atoms with van der Waals surface area (Å²) in [6.07, 6.45) is -3.47. The quantitative estimate of drug-likeness (QED) is 0.401. The molecule has 12 heteroatoms. The third-order valence-corrected chi connectivity index (χ3v) is 7.06. The van der Waals surface area contributed by atoms with Gasteiger partial charge in [0.1, 0.15) is 6.04 Å². The number of alkyl halides is 3. The van der Waals surface area contributed by atoms with Crippen molar-refractivity contribution in [1.82, 2.24) is 10.2 Å². The monoisotopic (exact) mass is 561 g/mol. The Hall–Kier alpha value is -2.79. The Morgan fingerprint density at radius 2 is 1.73 bits per heavy atom. The van der Waals surface area contributed by atoms with Crippen LogP contribution in [0.3, 0.4) is 0 Å². The number of sulfonamides is 1. The van der Waals surface area contributed by atoms with Crippen molar-refractivity contribution in [1.29, 1.82) is 0 Å². The lowest BCUT2D eigenvalue weighted by Crippen LogP contribution is -2.49. The number of likely N-dealkylation sites (N-methyl/N-ethyl adjacent to an activating group) is 1. The molecule has 37 heavy (non-hydrogen) atoms. The Balaban J connectivity index is 2.24. The van der Waals surface area contributed by atoms with Gasteiger partial charge in [-0.1, -0.05) is 36.7 Å². The highest BCUT2D eigenvalue weighted by atomic mass is 35.5. The van der Waals surface area contributed by atoms with Gasteiger partial charge in [-0.15, -0.1) is 0 Å². The van der Waals surface area contributed by atoms with Crippen LogP contribution in [0.25, 0.3) is 0 Å². The van der Waals surface area contributed by atoms with E-state index >= 15 is 0 Å². The van der Waals surface area contributed by atoms with Crippen molar-refractivity contribution in [2.24, 2.45) is 0 Å². The van der Waals surface area contributed by atoms with E-state index < -0.39 is 27.8 Å². The van der Waals surface area contributed by atoms with Crippen molar-refractivity contribution in [3.63, 3.8) is 0 Å². The van der Waals surface area contributed by atoms with E-state index in [-0.39, 0.29) is 43.4 Å². The van der Waals surface area contributed by atoms with Gasteiger partial charge in [0.25, 0.3) is 0 Å². The molecule has 0 aromatic heterocycles. The first-order valence-corrected chi connectivity index (χ1v) is 14.0. The fourth-order valence-electron chi connectivity index (χ4n) is 3.84. The molecule has 1 N–H and O–H groups in total. The number of halogens is 4.